The van der Waals surface area contributed by atoms with Crippen LogP contribution in [-0.2, 0) is 19.7 Å². The van der Waals surface area contributed by atoms with Crippen molar-refractivity contribution >= 4 is 54.5 Å². The van der Waals surface area contributed by atoms with Gasteiger partial charge in [0.05, 0.1) is 24.3 Å². The molecule has 0 spiro atoms. The Morgan fingerprint density at radius 2 is 1.54 bits per heavy atom. The van der Waals surface area contributed by atoms with Crippen molar-refractivity contribution in [1.82, 2.24) is 4.90 Å². The summed E-state index contributed by atoms with van der Waals surface area (Å²) in [7, 11) is -5.87. The van der Waals surface area contributed by atoms with Crippen molar-refractivity contribution < 1.29 is 26.4 Å². The fraction of sp³-hybridized carbons (Fsp3) is 0.562. The number of anilines is 1. The Bertz CT molecular complexity index is 860. The van der Waals surface area contributed by atoms with Crippen LogP contribution in [0.3, 0.4) is 0 Å². The van der Waals surface area contributed by atoms with Gasteiger partial charge in [0.25, 0.3) is 5.91 Å². The monoisotopic (exact) mass is 474 g/mol. The molecular formula is C16H24Cl2N2O6S2. The van der Waals surface area contributed by atoms with Crippen molar-refractivity contribution in [3.63, 3.8) is 0 Å². The lowest BCUT2D eigenvalue weighted by atomic mass is 10.1. The van der Waals surface area contributed by atoms with Gasteiger partial charge in [-0.1, -0.05) is 0 Å². The standard InChI is InChI=1S/C16H24Cl2N2O6S2/c1-11(17)27(22,23)8-6-20(7-9-28(24,25)12(2)18)16(21)13-4-5-15(26-3)14(19)10-13/h4-5,10-12H,6-9,19H2,1-3H3. The minimum atomic E-state index is -3.65. The molecule has 0 fully saturated rings. The molecule has 0 aliphatic heterocycles. The van der Waals surface area contributed by atoms with Crippen molar-refractivity contribution in [3.05, 3.63) is 23.8 Å². The molecule has 1 rings (SSSR count). The highest BCUT2D eigenvalue weighted by atomic mass is 35.5. The number of methoxy groups -OCH3 is 1. The zero-order valence-corrected chi connectivity index (χ0v) is 18.9. The van der Waals surface area contributed by atoms with Crippen molar-refractivity contribution in [1.29, 1.82) is 0 Å². The predicted octanol–water partition coefficient (Wildman–Crippen LogP) is 1.72. The molecule has 0 heterocycles. The minimum absolute atomic E-state index is 0.172. The minimum Gasteiger partial charge on any atom is -0.495 e. The summed E-state index contributed by atoms with van der Waals surface area (Å²) in [5.74, 6) is -1.01. The molecule has 0 saturated carbocycles. The van der Waals surface area contributed by atoms with E-state index in [9.17, 15) is 21.6 Å². The third-order valence-corrected chi connectivity index (χ3v) is 9.16. The van der Waals surface area contributed by atoms with E-state index in [4.69, 9.17) is 33.7 Å². The van der Waals surface area contributed by atoms with Gasteiger partial charge in [-0.05, 0) is 32.0 Å². The Morgan fingerprint density at radius 1 is 1.07 bits per heavy atom. The van der Waals surface area contributed by atoms with Crippen LogP contribution in [0.25, 0.3) is 0 Å². The normalized spacial score (nSPS) is 14.3. The number of amides is 1. The quantitative estimate of drug-likeness (QED) is 0.404. The largest absolute Gasteiger partial charge is 0.495 e. The van der Waals surface area contributed by atoms with Gasteiger partial charge in [0.1, 0.15) is 15.2 Å². The fourth-order valence-corrected chi connectivity index (χ4v) is 4.30. The Kier molecular flexibility index (Phi) is 8.86. The van der Waals surface area contributed by atoms with Gasteiger partial charge in [0.15, 0.2) is 19.7 Å². The molecule has 0 saturated heterocycles. The first-order chi connectivity index (χ1) is 12.8. The summed E-state index contributed by atoms with van der Waals surface area (Å²) in [6.07, 6.45) is 0. The van der Waals surface area contributed by atoms with Gasteiger partial charge in [-0.3, -0.25) is 4.79 Å². The number of carbonyl (C=O) groups is 1. The van der Waals surface area contributed by atoms with Crippen LogP contribution in [0.15, 0.2) is 18.2 Å². The maximum Gasteiger partial charge on any atom is 0.253 e. The third-order valence-electron chi connectivity index (χ3n) is 4.05. The molecule has 0 aromatic heterocycles. The lowest BCUT2D eigenvalue weighted by Crippen LogP contribution is -2.40. The molecule has 28 heavy (non-hydrogen) atoms. The molecule has 2 atom stereocenters. The number of hydrogen-bond donors (Lipinski definition) is 1. The number of benzene rings is 1. The second-order valence-electron chi connectivity index (χ2n) is 6.07. The number of ether oxygens (including phenoxy) is 1. The molecule has 12 heteroatoms. The number of sulfone groups is 2. The molecule has 1 aromatic carbocycles. The van der Waals surface area contributed by atoms with Crippen LogP contribution in [0.1, 0.15) is 24.2 Å². The van der Waals surface area contributed by atoms with Gasteiger partial charge in [-0.25, -0.2) is 16.8 Å². The predicted molar refractivity (Wildman–Crippen MR) is 112 cm³/mol. The first kappa shape index (κ1) is 24.8. The number of rotatable bonds is 10. The molecule has 0 bridgehead atoms. The first-order valence-electron chi connectivity index (χ1n) is 8.26. The van der Waals surface area contributed by atoms with E-state index >= 15 is 0 Å². The fourth-order valence-electron chi connectivity index (χ4n) is 2.16. The molecule has 0 radical (unpaired) electrons. The Labute approximate surface area is 175 Å². The topological polar surface area (TPSA) is 124 Å². The van der Waals surface area contributed by atoms with E-state index < -0.39 is 46.5 Å². The van der Waals surface area contributed by atoms with E-state index in [1.165, 1.54) is 39.2 Å². The lowest BCUT2D eigenvalue weighted by molar-refractivity contribution is 0.0775. The number of carbonyl (C=O) groups excluding carboxylic acids is 1. The molecule has 1 amide bonds. The number of nitrogens with two attached hydrogens (primary N) is 1. The summed E-state index contributed by atoms with van der Waals surface area (Å²) in [5, 5.41) is 0. The second-order valence-corrected chi connectivity index (χ2v) is 12.8. The maximum atomic E-state index is 12.8. The molecule has 0 aliphatic carbocycles. The Morgan fingerprint density at radius 3 is 1.89 bits per heavy atom. The summed E-state index contributed by atoms with van der Waals surface area (Å²) in [6, 6.07) is 4.34. The Balaban J connectivity index is 3.11. The molecule has 1 aromatic rings. The molecule has 2 unspecified atom stereocenters. The van der Waals surface area contributed by atoms with Crippen LogP contribution in [0.4, 0.5) is 5.69 Å². The number of alkyl halides is 2. The van der Waals surface area contributed by atoms with Crippen LogP contribution >= 0.6 is 23.2 Å². The highest BCUT2D eigenvalue weighted by molar-refractivity contribution is 7.93. The highest BCUT2D eigenvalue weighted by Crippen LogP contribution is 2.23. The number of hydrogen-bond acceptors (Lipinski definition) is 7. The summed E-state index contributed by atoms with van der Waals surface area (Å²) in [5.41, 5.74) is 6.21. The number of nitrogens with zero attached hydrogens (tertiary/aromatic N) is 1. The highest BCUT2D eigenvalue weighted by Gasteiger charge is 2.26. The zero-order chi connectivity index (χ0) is 21.7. The smallest absolute Gasteiger partial charge is 0.253 e. The van der Waals surface area contributed by atoms with E-state index in [-0.39, 0.29) is 24.3 Å². The van der Waals surface area contributed by atoms with Crippen molar-refractivity contribution in [2.75, 3.05) is 37.4 Å². The number of halogens is 2. The van der Waals surface area contributed by atoms with E-state index in [1.807, 2.05) is 0 Å². The van der Waals surface area contributed by atoms with Gasteiger partial charge in [-0.15, -0.1) is 23.2 Å². The summed E-state index contributed by atoms with van der Waals surface area (Å²) < 4.78 is 50.8. The van der Waals surface area contributed by atoms with Crippen LogP contribution in [0.5, 0.6) is 5.75 Å². The SMILES string of the molecule is COc1ccc(C(=O)N(CCS(=O)(=O)C(C)Cl)CCS(=O)(=O)C(C)Cl)cc1N. The summed E-state index contributed by atoms with van der Waals surface area (Å²) in [6.45, 7) is 2.17. The molecule has 160 valence electrons. The third kappa shape index (κ3) is 6.68. The Hall–Kier alpha value is -1.23. The van der Waals surface area contributed by atoms with Gasteiger partial charge in [-0.2, -0.15) is 0 Å². The average molecular weight is 475 g/mol. The zero-order valence-electron chi connectivity index (χ0n) is 15.8. The van der Waals surface area contributed by atoms with Crippen molar-refractivity contribution in [2.45, 2.75) is 23.3 Å². The molecule has 0 aliphatic rings. The first-order valence-corrected chi connectivity index (χ1v) is 12.6. The van der Waals surface area contributed by atoms with Gasteiger partial charge in [0.2, 0.25) is 0 Å². The second kappa shape index (κ2) is 10.00. The van der Waals surface area contributed by atoms with Crippen molar-refractivity contribution in [2.24, 2.45) is 0 Å². The van der Waals surface area contributed by atoms with E-state index in [1.54, 1.807) is 0 Å². The molecular weight excluding hydrogens is 451 g/mol. The average Bonchev–Trinajstić information content (AvgIpc) is 2.60. The van der Waals surface area contributed by atoms with Crippen LogP contribution in [0.2, 0.25) is 0 Å². The molecule has 8 nitrogen and oxygen atoms in total. The summed E-state index contributed by atoms with van der Waals surface area (Å²) >= 11 is 11.3. The van der Waals surface area contributed by atoms with Gasteiger partial charge < -0.3 is 15.4 Å². The van der Waals surface area contributed by atoms with E-state index in [0.717, 1.165) is 4.90 Å². The van der Waals surface area contributed by atoms with Crippen molar-refractivity contribution in [3.8, 4) is 5.75 Å². The van der Waals surface area contributed by atoms with Gasteiger partial charge >= 0.3 is 0 Å². The molecule has 2 N–H and O–H groups in total. The summed E-state index contributed by atoms with van der Waals surface area (Å²) in [4.78, 5) is 14.0. The van der Waals surface area contributed by atoms with E-state index in [2.05, 4.69) is 0 Å². The maximum absolute atomic E-state index is 12.8. The lowest BCUT2D eigenvalue weighted by Gasteiger charge is -2.23. The van der Waals surface area contributed by atoms with Crippen LogP contribution in [-0.4, -0.2) is 68.8 Å². The van der Waals surface area contributed by atoms with Crippen LogP contribution < -0.4 is 10.5 Å². The van der Waals surface area contributed by atoms with Crippen LogP contribution in [0, 0.1) is 0 Å². The van der Waals surface area contributed by atoms with Gasteiger partial charge in [0, 0.05) is 18.7 Å². The number of nitrogen functional groups attached to an aromatic ring is 1. The van der Waals surface area contributed by atoms with E-state index in [0.29, 0.717) is 5.75 Å².